The molecule has 2 atom stereocenters. The topological polar surface area (TPSA) is 57.5 Å². The molecule has 1 aromatic carbocycles. The molecule has 3 nitrogen and oxygen atoms in total. The highest BCUT2D eigenvalue weighted by atomic mass is 31.2. The van der Waals surface area contributed by atoms with Gasteiger partial charge in [0.15, 0.2) is 5.85 Å². The fraction of sp³-hybridized carbons (Fsp3) is 0.333. The fourth-order valence-corrected chi connectivity index (χ4v) is 2.01. The Morgan fingerprint density at radius 2 is 1.92 bits per heavy atom. The first-order valence-electron chi connectivity index (χ1n) is 4.12. The molecule has 1 aromatic rings. The molecule has 0 amide bonds. The van der Waals surface area contributed by atoms with E-state index in [-0.39, 0.29) is 6.16 Å². The van der Waals surface area contributed by atoms with Crippen molar-refractivity contribution in [2.24, 2.45) is 0 Å². The number of aliphatic hydroxyl groups excluding tert-OH is 1. The maximum absolute atomic E-state index is 11.4. The van der Waals surface area contributed by atoms with Crippen molar-refractivity contribution in [1.29, 1.82) is 0 Å². The predicted molar refractivity (Wildman–Crippen MR) is 51.8 cm³/mol. The third-order valence-corrected chi connectivity index (χ3v) is 3.90. The molecule has 0 bridgehead atoms. The van der Waals surface area contributed by atoms with Gasteiger partial charge >= 0.3 is 0 Å². The van der Waals surface area contributed by atoms with Crippen LogP contribution < -0.4 is 0 Å². The second-order valence-electron chi connectivity index (χ2n) is 2.86. The standard InChI is InChI=1S/C9H13O3P/c1-2-13(11,12)9(10)8-6-4-3-5-7-8/h3-7,9-10H,2H2,1H3,(H,11,12). The highest BCUT2D eigenvalue weighted by Crippen LogP contribution is 2.53. The van der Waals surface area contributed by atoms with Gasteiger partial charge in [-0.1, -0.05) is 37.3 Å². The molecule has 0 saturated carbocycles. The highest BCUT2D eigenvalue weighted by Gasteiger charge is 2.27. The summed E-state index contributed by atoms with van der Waals surface area (Å²) in [5.41, 5.74) is 0.496. The molecule has 13 heavy (non-hydrogen) atoms. The van der Waals surface area contributed by atoms with Gasteiger partial charge in [-0.15, -0.1) is 0 Å². The molecule has 4 heteroatoms. The van der Waals surface area contributed by atoms with Gasteiger partial charge < -0.3 is 10.00 Å². The average Bonchev–Trinajstić information content (AvgIpc) is 2.18. The van der Waals surface area contributed by atoms with Crippen LogP contribution in [-0.2, 0) is 4.57 Å². The van der Waals surface area contributed by atoms with E-state index in [0.29, 0.717) is 5.56 Å². The molecule has 2 unspecified atom stereocenters. The van der Waals surface area contributed by atoms with Crippen LogP contribution >= 0.6 is 7.37 Å². The molecule has 0 heterocycles. The van der Waals surface area contributed by atoms with Crippen molar-refractivity contribution in [3.8, 4) is 0 Å². The average molecular weight is 200 g/mol. The van der Waals surface area contributed by atoms with Crippen LogP contribution in [0.5, 0.6) is 0 Å². The van der Waals surface area contributed by atoms with Crippen molar-refractivity contribution in [2.75, 3.05) is 6.16 Å². The number of aliphatic hydroxyl groups is 1. The van der Waals surface area contributed by atoms with Crippen molar-refractivity contribution < 1.29 is 14.6 Å². The zero-order chi connectivity index (χ0) is 9.90. The lowest BCUT2D eigenvalue weighted by Crippen LogP contribution is -2.00. The fourth-order valence-electron chi connectivity index (χ4n) is 1.03. The van der Waals surface area contributed by atoms with Gasteiger partial charge in [0.1, 0.15) is 0 Å². The van der Waals surface area contributed by atoms with Gasteiger partial charge in [0, 0.05) is 6.16 Å². The summed E-state index contributed by atoms with van der Waals surface area (Å²) in [6.45, 7) is 1.59. The van der Waals surface area contributed by atoms with E-state index < -0.39 is 13.2 Å². The molecule has 0 radical (unpaired) electrons. The van der Waals surface area contributed by atoms with Gasteiger partial charge in [-0.05, 0) is 5.56 Å². The van der Waals surface area contributed by atoms with Crippen molar-refractivity contribution in [1.82, 2.24) is 0 Å². The molecule has 0 fully saturated rings. The summed E-state index contributed by atoms with van der Waals surface area (Å²) in [5, 5.41) is 9.54. The minimum Gasteiger partial charge on any atom is -0.378 e. The zero-order valence-electron chi connectivity index (χ0n) is 7.42. The molecular formula is C9H13O3P. The van der Waals surface area contributed by atoms with Crippen molar-refractivity contribution >= 4 is 7.37 Å². The van der Waals surface area contributed by atoms with Gasteiger partial charge in [0.05, 0.1) is 0 Å². The van der Waals surface area contributed by atoms with Gasteiger partial charge in [0.2, 0.25) is 7.37 Å². The Morgan fingerprint density at radius 1 is 1.38 bits per heavy atom. The van der Waals surface area contributed by atoms with Gasteiger partial charge in [-0.2, -0.15) is 0 Å². The molecular weight excluding hydrogens is 187 g/mol. The third-order valence-electron chi connectivity index (χ3n) is 1.93. The molecule has 1 rings (SSSR count). The summed E-state index contributed by atoms with van der Waals surface area (Å²) in [4.78, 5) is 9.35. The minimum atomic E-state index is -3.43. The van der Waals surface area contributed by atoms with Crippen LogP contribution in [0.3, 0.4) is 0 Å². The molecule has 0 aromatic heterocycles. The van der Waals surface area contributed by atoms with Crippen molar-refractivity contribution in [2.45, 2.75) is 12.8 Å². The second-order valence-corrected chi connectivity index (χ2v) is 5.49. The van der Waals surface area contributed by atoms with Crippen LogP contribution in [0.4, 0.5) is 0 Å². The summed E-state index contributed by atoms with van der Waals surface area (Å²) in [6.07, 6.45) is 0.0864. The third kappa shape index (κ3) is 2.41. The van der Waals surface area contributed by atoms with Crippen LogP contribution in [0.15, 0.2) is 30.3 Å². The summed E-state index contributed by atoms with van der Waals surface area (Å²) < 4.78 is 11.4. The monoisotopic (exact) mass is 200 g/mol. The molecule has 0 aliphatic carbocycles. The van der Waals surface area contributed by atoms with Crippen LogP contribution in [0.1, 0.15) is 18.3 Å². The SMILES string of the molecule is CCP(=O)(O)C(O)c1ccccc1. The van der Waals surface area contributed by atoms with E-state index in [0.717, 1.165) is 0 Å². The number of hydrogen-bond donors (Lipinski definition) is 2. The second kappa shape index (κ2) is 4.05. The van der Waals surface area contributed by atoms with Gasteiger partial charge in [-0.3, -0.25) is 4.57 Å². The first kappa shape index (κ1) is 10.5. The Labute approximate surface area is 77.5 Å². The predicted octanol–water partition coefficient (Wildman–Crippen LogP) is 1.97. The lowest BCUT2D eigenvalue weighted by molar-refractivity contribution is 0.235. The lowest BCUT2D eigenvalue weighted by atomic mass is 10.2. The van der Waals surface area contributed by atoms with E-state index in [1.165, 1.54) is 0 Å². The van der Waals surface area contributed by atoms with E-state index >= 15 is 0 Å². The Morgan fingerprint density at radius 3 is 2.38 bits per heavy atom. The smallest absolute Gasteiger partial charge is 0.232 e. The number of rotatable bonds is 3. The summed E-state index contributed by atoms with van der Waals surface area (Å²) in [7, 11) is -3.43. The quantitative estimate of drug-likeness (QED) is 0.733. The van der Waals surface area contributed by atoms with Crippen LogP contribution in [0, 0.1) is 0 Å². The molecule has 0 aliphatic heterocycles. The Hall–Kier alpha value is -0.630. The Bertz CT molecular complexity index is 310. The van der Waals surface area contributed by atoms with E-state index in [1.54, 1.807) is 37.3 Å². The van der Waals surface area contributed by atoms with Gasteiger partial charge in [-0.25, -0.2) is 0 Å². The molecule has 0 saturated heterocycles. The van der Waals surface area contributed by atoms with E-state index in [4.69, 9.17) is 0 Å². The Kier molecular flexibility index (Phi) is 3.26. The first-order chi connectivity index (χ1) is 6.08. The van der Waals surface area contributed by atoms with Crippen LogP contribution in [0.2, 0.25) is 0 Å². The summed E-state index contributed by atoms with van der Waals surface area (Å²) in [5.74, 6) is -1.25. The molecule has 72 valence electrons. The summed E-state index contributed by atoms with van der Waals surface area (Å²) >= 11 is 0. The normalized spacial score (nSPS) is 17.8. The zero-order valence-corrected chi connectivity index (χ0v) is 8.32. The van der Waals surface area contributed by atoms with Gasteiger partial charge in [0.25, 0.3) is 0 Å². The highest BCUT2D eigenvalue weighted by molar-refractivity contribution is 7.58. The van der Waals surface area contributed by atoms with E-state index in [9.17, 15) is 14.6 Å². The minimum absolute atomic E-state index is 0.0864. The van der Waals surface area contributed by atoms with Crippen LogP contribution in [0.25, 0.3) is 0 Å². The van der Waals surface area contributed by atoms with E-state index in [2.05, 4.69) is 0 Å². The maximum atomic E-state index is 11.4. The molecule has 2 N–H and O–H groups in total. The number of benzene rings is 1. The lowest BCUT2D eigenvalue weighted by Gasteiger charge is -2.16. The maximum Gasteiger partial charge on any atom is 0.232 e. The van der Waals surface area contributed by atoms with Crippen LogP contribution in [-0.4, -0.2) is 16.2 Å². The largest absolute Gasteiger partial charge is 0.378 e. The molecule has 0 spiro atoms. The van der Waals surface area contributed by atoms with Crippen molar-refractivity contribution in [3.63, 3.8) is 0 Å². The Balaban J connectivity index is 2.92. The molecule has 0 aliphatic rings. The summed E-state index contributed by atoms with van der Waals surface area (Å²) in [6, 6.07) is 8.54. The number of hydrogen-bond acceptors (Lipinski definition) is 2. The van der Waals surface area contributed by atoms with Crippen molar-refractivity contribution in [3.05, 3.63) is 35.9 Å². The first-order valence-corrected chi connectivity index (χ1v) is 6.04. The van der Waals surface area contributed by atoms with E-state index in [1.807, 2.05) is 0 Å².